The molecule has 2 aliphatic rings. The highest BCUT2D eigenvalue weighted by atomic mass is 32.1. The molecule has 19 heavy (non-hydrogen) atoms. The molecular formula is C15H22N2OS. The molecule has 1 saturated carbocycles. The highest BCUT2D eigenvalue weighted by Gasteiger charge is 2.19. The van der Waals surface area contributed by atoms with Crippen LogP contribution in [0.5, 0.6) is 0 Å². The highest BCUT2D eigenvalue weighted by Crippen LogP contribution is 2.30. The number of nitrogens with one attached hydrogen (secondary N) is 1. The van der Waals surface area contributed by atoms with Gasteiger partial charge in [-0.1, -0.05) is 19.3 Å². The third kappa shape index (κ3) is 3.35. The quantitative estimate of drug-likeness (QED) is 0.910. The van der Waals surface area contributed by atoms with Crippen LogP contribution in [0.4, 0.5) is 5.13 Å². The molecule has 1 amide bonds. The van der Waals surface area contributed by atoms with Crippen LogP contribution < -0.4 is 5.32 Å². The van der Waals surface area contributed by atoms with E-state index in [9.17, 15) is 4.79 Å². The summed E-state index contributed by atoms with van der Waals surface area (Å²) in [5.74, 6) is 0.765. The zero-order valence-corrected chi connectivity index (χ0v) is 12.2. The van der Waals surface area contributed by atoms with E-state index in [4.69, 9.17) is 0 Å². The largest absolute Gasteiger partial charge is 0.302 e. The molecule has 3 rings (SSSR count). The first-order valence-electron chi connectivity index (χ1n) is 7.59. The molecule has 0 aromatic carbocycles. The van der Waals surface area contributed by atoms with Gasteiger partial charge in [-0.3, -0.25) is 4.79 Å². The summed E-state index contributed by atoms with van der Waals surface area (Å²) in [6.07, 6.45) is 11.8. The summed E-state index contributed by atoms with van der Waals surface area (Å²) in [4.78, 5) is 18.0. The van der Waals surface area contributed by atoms with E-state index < -0.39 is 0 Å². The molecule has 0 saturated heterocycles. The number of aryl methyl sites for hydroxylation is 2. The van der Waals surface area contributed by atoms with Gasteiger partial charge in [0, 0.05) is 11.3 Å². The molecule has 0 aliphatic heterocycles. The second-order valence-corrected chi connectivity index (χ2v) is 6.94. The van der Waals surface area contributed by atoms with Crippen molar-refractivity contribution in [2.45, 2.75) is 64.2 Å². The molecule has 0 unspecified atom stereocenters. The summed E-state index contributed by atoms with van der Waals surface area (Å²) in [7, 11) is 0. The minimum Gasteiger partial charge on any atom is -0.302 e. The fourth-order valence-corrected chi connectivity index (χ4v) is 4.30. The monoisotopic (exact) mass is 278 g/mol. The Bertz CT molecular complexity index is 425. The number of carbonyl (C=O) groups excluding carboxylic acids is 1. The number of hydrogen-bond donors (Lipinski definition) is 1. The molecule has 1 fully saturated rings. The smallest absolute Gasteiger partial charge is 0.226 e. The number of hydrogen-bond acceptors (Lipinski definition) is 3. The van der Waals surface area contributed by atoms with Crippen LogP contribution in [0.25, 0.3) is 0 Å². The second kappa shape index (κ2) is 6.04. The normalized spacial score (nSPS) is 20.0. The maximum Gasteiger partial charge on any atom is 0.226 e. The summed E-state index contributed by atoms with van der Waals surface area (Å²) in [5.41, 5.74) is 1.23. The van der Waals surface area contributed by atoms with Gasteiger partial charge in [0.15, 0.2) is 5.13 Å². The third-order valence-electron chi connectivity index (χ3n) is 4.29. The minimum absolute atomic E-state index is 0.165. The summed E-state index contributed by atoms with van der Waals surface area (Å²) >= 11 is 1.68. The van der Waals surface area contributed by atoms with E-state index in [-0.39, 0.29) is 5.91 Å². The van der Waals surface area contributed by atoms with Crippen LogP contribution in [0.1, 0.15) is 61.9 Å². The summed E-state index contributed by atoms with van der Waals surface area (Å²) in [6.45, 7) is 0. The Morgan fingerprint density at radius 1 is 1.16 bits per heavy atom. The van der Waals surface area contributed by atoms with Gasteiger partial charge in [0.25, 0.3) is 0 Å². The van der Waals surface area contributed by atoms with E-state index in [0.29, 0.717) is 12.3 Å². The van der Waals surface area contributed by atoms with Crippen LogP contribution in [0.3, 0.4) is 0 Å². The average molecular weight is 278 g/mol. The summed E-state index contributed by atoms with van der Waals surface area (Å²) < 4.78 is 0. The number of anilines is 1. The van der Waals surface area contributed by atoms with E-state index in [2.05, 4.69) is 10.3 Å². The SMILES string of the molecule is O=C(CC1CCCCC1)Nc1nc2c(s1)CCCC2. The van der Waals surface area contributed by atoms with Gasteiger partial charge in [0.2, 0.25) is 5.91 Å². The van der Waals surface area contributed by atoms with Crippen molar-refractivity contribution in [2.24, 2.45) is 5.92 Å². The molecule has 1 N–H and O–H groups in total. The molecule has 3 nitrogen and oxygen atoms in total. The molecule has 0 atom stereocenters. The van der Waals surface area contributed by atoms with Gasteiger partial charge in [0.1, 0.15) is 0 Å². The fourth-order valence-electron chi connectivity index (χ4n) is 3.23. The minimum atomic E-state index is 0.165. The maximum absolute atomic E-state index is 12.0. The van der Waals surface area contributed by atoms with E-state index in [0.717, 1.165) is 18.0 Å². The Hall–Kier alpha value is -0.900. The van der Waals surface area contributed by atoms with E-state index in [1.165, 1.54) is 55.5 Å². The topological polar surface area (TPSA) is 42.0 Å². The number of fused-ring (bicyclic) bond motifs is 1. The van der Waals surface area contributed by atoms with Crippen molar-refractivity contribution in [3.63, 3.8) is 0 Å². The van der Waals surface area contributed by atoms with Crippen molar-refractivity contribution < 1.29 is 4.79 Å². The van der Waals surface area contributed by atoms with Crippen LogP contribution in [-0.4, -0.2) is 10.9 Å². The molecule has 104 valence electrons. The van der Waals surface area contributed by atoms with Crippen LogP contribution in [0.15, 0.2) is 0 Å². The summed E-state index contributed by atoms with van der Waals surface area (Å²) in [6, 6.07) is 0. The van der Waals surface area contributed by atoms with Crippen molar-refractivity contribution in [1.29, 1.82) is 0 Å². The lowest BCUT2D eigenvalue weighted by atomic mass is 9.87. The third-order valence-corrected chi connectivity index (χ3v) is 5.36. The Morgan fingerprint density at radius 3 is 2.74 bits per heavy atom. The summed E-state index contributed by atoms with van der Waals surface area (Å²) in [5, 5.41) is 3.84. The molecule has 1 aromatic heterocycles. The zero-order chi connectivity index (χ0) is 13.1. The van der Waals surface area contributed by atoms with Crippen molar-refractivity contribution >= 4 is 22.4 Å². The first-order valence-corrected chi connectivity index (χ1v) is 8.41. The van der Waals surface area contributed by atoms with E-state index >= 15 is 0 Å². The average Bonchev–Trinajstić information content (AvgIpc) is 2.81. The van der Waals surface area contributed by atoms with E-state index in [1.807, 2.05) is 0 Å². The Labute approximate surface area is 118 Å². The molecule has 0 bridgehead atoms. The molecular weight excluding hydrogens is 256 g/mol. The Morgan fingerprint density at radius 2 is 1.95 bits per heavy atom. The molecule has 2 aliphatic carbocycles. The van der Waals surface area contributed by atoms with Gasteiger partial charge in [-0.25, -0.2) is 4.98 Å². The molecule has 0 radical (unpaired) electrons. The predicted octanol–water partition coefficient (Wildman–Crippen LogP) is 3.93. The zero-order valence-electron chi connectivity index (χ0n) is 11.4. The number of thiazole rings is 1. The lowest BCUT2D eigenvalue weighted by molar-refractivity contribution is -0.117. The number of nitrogens with zero attached hydrogens (tertiary/aromatic N) is 1. The van der Waals surface area contributed by atoms with Crippen molar-refractivity contribution in [2.75, 3.05) is 5.32 Å². The highest BCUT2D eigenvalue weighted by molar-refractivity contribution is 7.15. The van der Waals surface area contributed by atoms with Gasteiger partial charge in [-0.05, 0) is 44.4 Å². The number of aromatic nitrogens is 1. The molecule has 0 spiro atoms. The van der Waals surface area contributed by atoms with Crippen molar-refractivity contribution in [3.05, 3.63) is 10.6 Å². The predicted molar refractivity (Wildman–Crippen MR) is 78.6 cm³/mol. The lowest BCUT2D eigenvalue weighted by Crippen LogP contribution is -2.18. The second-order valence-electron chi connectivity index (χ2n) is 5.85. The van der Waals surface area contributed by atoms with Crippen molar-refractivity contribution in [1.82, 2.24) is 4.98 Å². The van der Waals surface area contributed by atoms with Gasteiger partial charge >= 0.3 is 0 Å². The number of amides is 1. The molecule has 1 aromatic rings. The van der Waals surface area contributed by atoms with Gasteiger partial charge in [-0.15, -0.1) is 11.3 Å². The standard InChI is InChI=1S/C15H22N2OS/c18-14(10-11-6-2-1-3-7-11)17-15-16-12-8-4-5-9-13(12)19-15/h11H,1-10H2,(H,16,17,18). The van der Waals surface area contributed by atoms with Crippen LogP contribution >= 0.6 is 11.3 Å². The first kappa shape index (κ1) is 13.1. The van der Waals surface area contributed by atoms with Crippen LogP contribution in [0.2, 0.25) is 0 Å². The number of carbonyl (C=O) groups is 1. The van der Waals surface area contributed by atoms with Gasteiger partial charge in [-0.2, -0.15) is 0 Å². The fraction of sp³-hybridized carbons (Fsp3) is 0.733. The molecule has 4 heteroatoms. The van der Waals surface area contributed by atoms with Gasteiger partial charge in [0.05, 0.1) is 5.69 Å². The molecule has 1 heterocycles. The lowest BCUT2D eigenvalue weighted by Gasteiger charge is -2.20. The van der Waals surface area contributed by atoms with Crippen LogP contribution in [0, 0.1) is 5.92 Å². The first-order chi connectivity index (χ1) is 9.31. The van der Waals surface area contributed by atoms with Crippen molar-refractivity contribution in [3.8, 4) is 0 Å². The Balaban J connectivity index is 1.55. The maximum atomic E-state index is 12.0. The van der Waals surface area contributed by atoms with E-state index in [1.54, 1.807) is 11.3 Å². The number of rotatable bonds is 3. The van der Waals surface area contributed by atoms with Crippen LogP contribution in [-0.2, 0) is 17.6 Å². The van der Waals surface area contributed by atoms with Gasteiger partial charge < -0.3 is 5.32 Å². The Kier molecular flexibility index (Phi) is 4.16.